The van der Waals surface area contributed by atoms with E-state index in [4.69, 9.17) is 5.73 Å². The minimum absolute atomic E-state index is 0.0186. The molecule has 3 heteroatoms. The summed E-state index contributed by atoms with van der Waals surface area (Å²) in [5.74, 6) is 0. The lowest BCUT2D eigenvalue weighted by Crippen LogP contribution is -2.38. The molecule has 0 aliphatic heterocycles. The zero-order valence-corrected chi connectivity index (χ0v) is 14.2. The van der Waals surface area contributed by atoms with Gasteiger partial charge in [0, 0.05) is 17.6 Å². The summed E-state index contributed by atoms with van der Waals surface area (Å²) in [6.07, 6.45) is 0.909. The Kier molecular flexibility index (Phi) is 4.57. The van der Waals surface area contributed by atoms with E-state index in [1.54, 1.807) is 0 Å². The van der Waals surface area contributed by atoms with E-state index < -0.39 is 5.54 Å². The van der Waals surface area contributed by atoms with Gasteiger partial charge in [0.25, 0.3) is 5.56 Å². The molecule has 0 saturated carbocycles. The van der Waals surface area contributed by atoms with Crippen molar-refractivity contribution in [1.29, 1.82) is 0 Å². The Morgan fingerprint density at radius 1 is 1.09 bits per heavy atom. The smallest absolute Gasteiger partial charge is 0.256 e. The van der Waals surface area contributed by atoms with Gasteiger partial charge in [-0.25, -0.2) is 0 Å². The molecule has 22 heavy (non-hydrogen) atoms. The number of aromatic nitrogens is 1. The highest BCUT2D eigenvalue weighted by atomic mass is 16.1. The van der Waals surface area contributed by atoms with Crippen molar-refractivity contribution in [2.24, 2.45) is 5.73 Å². The molecule has 0 fully saturated rings. The average Bonchev–Trinajstić information content (AvgIpc) is 2.43. The summed E-state index contributed by atoms with van der Waals surface area (Å²) in [6, 6.07) is 10.2. The normalized spacial score (nSPS) is 11.7. The zero-order chi connectivity index (χ0) is 16.5. The summed E-state index contributed by atoms with van der Waals surface area (Å²) in [4.78, 5) is 12.8. The van der Waals surface area contributed by atoms with Gasteiger partial charge in [-0.1, -0.05) is 19.1 Å². The monoisotopic (exact) mass is 298 g/mol. The number of nitrogens with zero attached hydrogens (tertiary/aromatic N) is 1. The molecule has 118 valence electrons. The molecular formula is C19H26N2O. The molecule has 0 unspecified atom stereocenters. The van der Waals surface area contributed by atoms with Crippen LogP contribution in [0.1, 0.15) is 43.9 Å². The van der Waals surface area contributed by atoms with E-state index in [2.05, 4.69) is 39.0 Å². The third kappa shape index (κ3) is 3.14. The summed E-state index contributed by atoms with van der Waals surface area (Å²) >= 11 is 0. The number of pyridine rings is 1. The van der Waals surface area contributed by atoms with E-state index in [9.17, 15) is 4.79 Å². The number of hydrogen-bond acceptors (Lipinski definition) is 2. The van der Waals surface area contributed by atoms with Crippen molar-refractivity contribution < 1.29 is 0 Å². The minimum Gasteiger partial charge on any atom is -0.322 e. The fraction of sp³-hybridized carbons (Fsp3) is 0.421. The summed E-state index contributed by atoms with van der Waals surface area (Å²) in [5.41, 5.74) is 10.7. The van der Waals surface area contributed by atoms with Crippen LogP contribution in [0.2, 0.25) is 0 Å². The maximum atomic E-state index is 12.8. The van der Waals surface area contributed by atoms with Crippen LogP contribution in [-0.4, -0.2) is 4.57 Å². The minimum atomic E-state index is -0.631. The van der Waals surface area contributed by atoms with E-state index in [0.717, 1.165) is 17.7 Å². The number of aryl methyl sites for hydroxylation is 2. The first-order chi connectivity index (χ1) is 10.3. The molecule has 0 aliphatic carbocycles. The molecule has 0 saturated heterocycles. The first-order valence-corrected chi connectivity index (χ1v) is 7.86. The quantitative estimate of drug-likeness (QED) is 0.934. The average molecular weight is 298 g/mol. The van der Waals surface area contributed by atoms with Crippen LogP contribution in [0, 0.1) is 13.8 Å². The van der Waals surface area contributed by atoms with Crippen LogP contribution in [0.3, 0.4) is 0 Å². The highest BCUT2D eigenvalue weighted by Gasteiger charge is 2.21. The van der Waals surface area contributed by atoms with Gasteiger partial charge in [0.2, 0.25) is 0 Å². The van der Waals surface area contributed by atoms with Crippen LogP contribution in [0.5, 0.6) is 0 Å². The topological polar surface area (TPSA) is 48.0 Å². The molecule has 1 heterocycles. The molecule has 0 bridgehead atoms. The van der Waals surface area contributed by atoms with Crippen LogP contribution in [0.25, 0.3) is 11.3 Å². The van der Waals surface area contributed by atoms with Gasteiger partial charge in [-0.05, 0) is 69.0 Å². The molecule has 2 rings (SSSR count). The van der Waals surface area contributed by atoms with Crippen molar-refractivity contribution >= 4 is 0 Å². The summed E-state index contributed by atoms with van der Waals surface area (Å²) in [7, 11) is 0. The van der Waals surface area contributed by atoms with Crippen molar-refractivity contribution in [2.75, 3.05) is 0 Å². The predicted molar refractivity (Wildman–Crippen MR) is 93.1 cm³/mol. The van der Waals surface area contributed by atoms with Crippen LogP contribution < -0.4 is 11.3 Å². The summed E-state index contributed by atoms with van der Waals surface area (Å²) in [5, 5.41) is 0. The van der Waals surface area contributed by atoms with Crippen LogP contribution in [0.15, 0.2) is 35.1 Å². The van der Waals surface area contributed by atoms with Crippen molar-refractivity contribution in [2.45, 2.75) is 53.1 Å². The maximum Gasteiger partial charge on any atom is 0.256 e. The van der Waals surface area contributed by atoms with Gasteiger partial charge in [-0.2, -0.15) is 0 Å². The number of nitrogens with two attached hydrogens (primary N) is 1. The van der Waals surface area contributed by atoms with Gasteiger partial charge in [0.1, 0.15) is 0 Å². The molecule has 0 amide bonds. The molecule has 0 atom stereocenters. The van der Waals surface area contributed by atoms with Gasteiger partial charge in [-0.3, -0.25) is 4.79 Å². The van der Waals surface area contributed by atoms with Crippen molar-refractivity contribution in [1.82, 2.24) is 4.57 Å². The SMILES string of the molecule is CCCn1c(-c2ccc(C)c(C)c2)ccc(C(C)(C)N)c1=O. The van der Waals surface area contributed by atoms with Crippen molar-refractivity contribution in [3.8, 4) is 11.3 Å². The number of benzene rings is 1. The van der Waals surface area contributed by atoms with Gasteiger partial charge in [-0.15, -0.1) is 0 Å². The Balaban J connectivity index is 2.68. The fourth-order valence-corrected chi connectivity index (χ4v) is 2.67. The molecule has 1 aromatic heterocycles. The third-order valence-corrected chi connectivity index (χ3v) is 4.12. The Labute approximate surface area is 132 Å². The van der Waals surface area contributed by atoms with E-state index in [0.29, 0.717) is 12.1 Å². The van der Waals surface area contributed by atoms with Crippen molar-refractivity contribution in [3.63, 3.8) is 0 Å². The van der Waals surface area contributed by atoms with Crippen molar-refractivity contribution in [3.05, 3.63) is 57.4 Å². The van der Waals surface area contributed by atoms with Gasteiger partial charge in [0.05, 0.1) is 5.69 Å². The fourth-order valence-electron chi connectivity index (χ4n) is 2.67. The Hall–Kier alpha value is -1.87. The standard InChI is InChI=1S/C19H26N2O/c1-6-11-21-17(15-8-7-13(2)14(3)12-15)10-9-16(18(21)22)19(4,5)20/h7-10,12H,6,11,20H2,1-5H3. The van der Waals surface area contributed by atoms with Gasteiger partial charge in [0.15, 0.2) is 0 Å². The zero-order valence-electron chi connectivity index (χ0n) is 14.2. The molecule has 0 aliphatic rings. The first-order valence-electron chi connectivity index (χ1n) is 7.86. The lowest BCUT2D eigenvalue weighted by atomic mass is 9.95. The first kappa shape index (κ1) is 16.5. The summed E-state index contributed by atoms with van der Waals surface area (Å²) in [6.45, 7) is 10.7. The number of hydrogen-bond donors (Lipinski definition) is 1. The Bertz CT molecular complexity index is 736. The second-order valence-electron chi connectivity index (χ2n) is 6.61. The van der Waals surface area contributed by atoms with Crippen LogP contribution in [-0.2, 0) is 12.1 Å². The second-order valence-corrected chi connectivity index (χ2v) is 6.61. The van der Waals surface area contributed by atoms with Crippen LogP contribution in [0.4, 0.5) is 0 Å². The Morgan fingerprint density at radius 3 is 2.32 bits per heavy atom. The largest absolute Gasteiger partial charge is 0.322 e. The lowest BCUT2D eigenvalue weighted by molar-refractivity contribution is 0.532. The molecule has 0 spiro atoms. The van der Waals surface area contributed by atoms with Gasteiger partial charge < -0.3 is 10.3 Å². The number of rotatable bonds is 4. The highest BCUT2D eigenvalue weighted by Crippen LogP contribution is 2.23. The predicted octanol–water partition coefficient (Wildman–Crippen LogP) is 3.74. The molecule has 2 aromatic rings. The van der Waals surface area contributed by atoms with Crippen LogP contribution >= 0.6 is 0 Å². The van der Waals surface area contributed by atoms with E-state index in [1.807, 2.05) is 30.5 Å². The van der Waals surface area contributed by atoms with E-state index in [-0.39, 0.29) is 5.56 Å². The highest BCUT2D eigenvalue weighted by molar-refractivity contribution is 5.62. The summed E-state index contributed by atoms with van der Waals surface area (Å²) < 4.78 is 1.86. The lowest BCUT2D eigenvalue weighted by Gasteiger charge is -2.22. The molecule has 1 aromatic carbocycles. The van der Waals surface area contributed by atoms with E-state index >= 15 is 0 Å². The Morgan fingerprint density at radius 2 is 1.77 bits per heavy atom. The second kappa shape index (κ2) is 6.09. The molecule has 2 N–H and O–H groups in total. The van der Waals surface area contributed by atoms with Gasteiger partial charge >= 0.3 is 0 Å². The van der Waals surface area contributed by atoms with E-state index in [1.165, 1.54) is 11.1 Å². The molecule has 3 nitrogen and oxygen atoms in total. The molecule has 0 radical (unpaired) electrons. The maximum absolute atomic E-state index is 12.8. The molecular weight excluding hydrogens is 272 g/mol. The third-order valence-electron chi connectivity index (χ3n) is 4.12.